The summed E-state index contributed by atoms with van der Waals surface area (Å²) in [5.41, 5.74) is 1.28. The van der Waals surface area contributed by atoms with E-state index in [4.69, 9.17) is 9.47 Å². The standard InChI is InChI=1S/C19H24N2O5S/c1-14(13-25-2)21-27(23,24)18-9-7-16(8-10-18)19(22)20-12-15-5-4-6-17(11-15)26-3/h4-11,14,21H,12-13H2,1-3H3,(H,20,22)/t14-/m1/s1. The van der Waals surface area contributed by atoms with Crippen LogP contribution < -0.4 is 14.8 Å². The molecule has 8 heteroatoms. The van der Waals surface area contributed by atoms with Crippen LogP contribution in [0.25, 0.3) is 0 Å². The molecule has 0 bridgehead atoms. The van der Waals surface area contributed by atoms with Gasteiger partial charge in [-0.2, -0.15) is 0 Å². The zero-order valence-corrected chi connectivity index (χ0v) is 16.4. The lowest BCUT2D eigenvalue weighted by Crippen LogP contribution is -2.35. The molecule has 1 amide bonds. The van der Waals surface area contributed by atoms with Gasteiger partial charge in [0.1, 0.15) is 5.75 Å². The van der Waals surface area contributed by atoms with Crippen molar-refractivity contribution < 1.29 is 22.7 Å². The van der Waals surface area contributed by atoms with E-state index in [1.54, 1.807) is 14.0 Å². The summed E-state index contributed by atoms with van der Waals surface area (Å²) in [6.45, 7) is 2.32. The molecule has 7 nitrogen and oxygen atoms in total. The monoisotopic (exact) mass is 392 g/mol. The first kappa shape index (κ1) is 20.9. The first-order valence-electron chi connectivity index (χ1n) is 8.38. The first-order chi connectivity index (χ1) is 12.9. The number of amides is 1. The second-order valence-electron chi connectivity index (χ2n) is 6.04. The van der Waals surface area contributed by atoms with Gasteiger partial charge in [-0.05, 0) is 48.9 Å². The number of nitrogens with one attached hydrogen (secondary N) is 2. The summed E-state index contributed by atoms with van der Waals surface area (Å²) in [6.07, 6.45) is 0. The number of rotatable bonds is 9. The molecule has 2 aromatic rings. The number of sulfonamides is 1. The Kier molecular flexibility index (Phi) is 7.35. The minimum Gasteiger partial charge on any atom is -0.497 e. The van der Waals surface area contributed by atoms with Crippen molar-refractivity contribution in [2.24, 2.45) is 0 Å². The third-order valence-electron chi connectivity index (χ3n) is 3.79. The van der Waals surface area contributed by atoms with E-state index in [1.165, 1.54) is 31.4 Å². The predicted molar refractivity (Wildman–Crippen MR) is 102 cm³/mol. The summed E-state index contributed by atoms with van der Waals surface area (Å²) in [6, 6.07) is 12.8. The molecular weight excluding hydrogens is 368 g/mol. The van der Waals surface area contributed by atoms with Gasteiger partial charge in [-0.1, -0.05) is 12.1 Å². The van der Waals surface area contributed by atoms with Crippen molar-refractivity contribution in [3.63, 3.8) is 0 Å². The largest absolute Gasteiger partial charge is 0.497 e. The molecular formula is C19H24N2O5S. The van der Waals surface area contributed by atoms with E-state index >= 15 is 0 Å². The second kappa shape index (κ2) is 9.50. The van der Waals surface area contributed by atoms with Crippen molar-refractivity contribution in [3.05, 3.63) is 59.7 Å². The van der Waals surface area contributed by atoms with Gasteiger partial charge in [-0.15, -0.1) is 0 Å². The third-order valence-corrected chi connectivity index (χ3v) is 5.39. The molecule has 2 rings (SSSR count). The molecule has 2 N–H and O–H groups in total. The molecule has 146 valence electrons. The van der Waals surface area contributed by atoms with E-state index in [2.05, 4.69) is 10.0 Å². The van der Waals surface area contributed by atoms with Gasteiger partial charge in [0.05, 0.1) is 18.6 Å². The lowest BCUT2D eigenvalue weighted by molar-refractivity contribution is 0.0950. The first-order valence-corrected chi connectivity index (χ1v) is 9.86. The highest BCUT2D eigenvalue weighted by molar-refractivity contribution is 7.89. The quantitative estimate of drug-likeness (QED) is 0.680. The Morgan fingerprint density at radius 3 is 2.44 bits per heavy atom. The maximum atomic E-state index is 12.3. The highest BCUT2D eigenvalue weighted by atomic mass is 32.2. The zero-order valence-electron chi connectivity index (χ0n) is 15.6. The maximum Gasteiger partial charge on any atom is 0.251 e. The van der Waals surface area contributed by atoms with Crippen LogP contribution in [0.3, 0.4) is 0 Å². The average Bonchev–Trinajstić information content (AvgIpc) is 2.66. The Hall–Kier alpha value is -2.42. The summed E-state index contributed by atoms with van der Waals surface area (Å²) in [5.74, 6) is 0.425. The summed E-state index contributed by atoms with van der Waals surface area (Å²) in [5, 5.41) is 2.80. The Bertz CT molecular complexity index is 866. The summed E-state index contributed by atoms with van der Waals surface area (Å²) < 4.78 is 37.2. The lowest BCUT2D eigenvalue weighted by atomic mass is 10.2. The van der Waals surface area contributed by atoms with Gasteiger partial charge in [0, 0.05) is 25.3 Å². The highest BCUT2D eigenvalue weighted by Gasteiger charge is 2.17. The van der Waals surface area contributed by atoms with Crippen molar-refractivity contribution in [3.8, 4) is 5.75 Å². The minimum atomic E-state index is -3.66. The van der Waals surface area contributed by atoms with Crippen LogP contribution in [-0.4, -0.2) is 41.2 Å². The van der Waals surface area contributed by atoms with E-state index in [1.807, 2.05) is 24.3 Å². The van der Waals surface area contributed by atoms with Gasteiger partial charge >= 0.3 is 0 Å². The third kappa shape index (κ3) is 6.06. The fourth-order valence-electron chi connectivity index (χ4n) is 2.47. The summed E-state index contributed by atoms with van der Waals surface area (Å²) in [4.78, 5) is 12.4. The Morgan fingerprint density at radius 2 is 1.81 bits per heavy atom. The van der Waals surface area contributed by atoms with E-state index < -0.39 is 10.0 Å². The number of benzene rings is 2. The fraction of sp³-hybridized carbons (Fsp3) is 0.316. The molecule has 0 aliphatic carbocycles. The van der Waals surface area contributed by atoms with Crippen molar-refractivity contribution in [1.29, 1.82) is 0 Å². The van der Waals surface area contributed by atoms with Gasteiger partial charge in [-0.3, -0.25) is 4.79 Å². The number of methoxy groups -OCH3 is 2. The average molecular weight is 392 g/mol. The molecule has 0 unspecified atom stereocenters. The van der Waals surface area contributed by atoms with Crippen LogP contribution in [0.4, 0.5) is 0 Å². The molecule has 1 atom stereocenters. The Labute approximate surface area is 159 Å². The predicted octanol–water partition coefficient (Wildman–Crippen LogP) is 1.94. The van der Waals surface area contributed by atoms with Crippen molar-refractivity contribution in [2.75, 3.05) is 20.8 Å². The fourth-order valence-corrected chi connectivity index (χ4v) is 3.70. The van der Waals surface area contributed by atoms with Gasteiger partial charge in [0.25, 0.3) is 5.91 Å². The SMILES string of the molecule is COC[C@@H](C)NS(=O)(=O)c1ccc(C(=O)NCc2cccc(OC)c2)cc1. The smallest absolute Gasteiger partial charge is 0.251 e. The molecule has 0 saturated heterocycles. The van der Waals surface area contributed by atoms with Crippen LogP contribution in [0.2, 0.25) is 0 Å². The number of hydrogen-bond donors (Lipinski definition) is 2. The van der Waals surface area contributed by atoms with Crippen molar-refractivity contribution in [1.82, 2.24) is 10.0 Å². The number of carbonyl (C=O) groups is 1. The molecule has 0 aliphatic rings. The van der Waals surface area contributed by atoms with Crippen LogP contribution in [0, 0.1) is 0 Å². The van der Waals surface area contributed by atoms with Gasteiger partial charge in [0.15, 0.2) is 0 Å². The molecule has 0 saturated carbocycles. The molecule has 0 aromatic heterocycles. The number of hydrogen-bond acceptors (Lipinski definition) is 5. The molecule has 0 heterocycles. The van der Waals surface area contributed by atoms with E-state index in [0.29, 0.717) is 17.9 Å². The molecule has 0 radical (unpaired) electrons. The van der Waals surface area contributed by atoms with Crippen LogP contribution in [0.15, 0.2) is 53.4 Å². The molecule has 0 fully saturated rings. The zero-order chi connectivity index (χ0) is 19.9. The second-order valence-corrected chi connectivity index (χ2v) is 7.75. The van der Waals surface area contributed by atoms with Crippen LogP contribution >= 0.6 is 0 Å². The summed E-state index contributed by atoms with van der Waals surface area (Å²) in [7, 11) is -0.578. The topological polar surface area (TPSA) is 93.7 Å². The number of ether oxygens (including phenoxy) is 2. The molecule has 27 heavy (non-hydrogen) atoms. The maximum absolute atomic E-state index is 12.3. The van der Waals surface area contributed by atoms with Crippen molar-refractivity contribution >= 4 is 15.9 Å². The molecule has 2 aromatic carbocycles. The lowest BCUT2D eigenvalue weighted by Gasteiger charge is -2.13. The van der Waals surface area contributed by atoms with Crippen LogP contribution in [-0.2, 0) is 21.3 Å². The van der Waals surface area contributed by atoms with Gasteiger partial charge < -0.3 is 14.8 Å². The minimum absolute atomic E-state index is 0.0924. The molecule has 0 spiro atoms. The van der Waals surface area contributed by atoms with Crippen molar-refractivity contribution in [2.45, 2.75) is 24.4 Å². The Morgan fingerprint density at radius 1 is 1.11 bits per heavy atom. The highest BCUT2D eigenvalue weighted by Crippen LogP contribution is 2.14. The van der Waals surface area contributed by atoms with E-state index in [9.17, 15) is 13.2 Å². The normalized spacial score (nSPS) is 12.4. The molecule has 0 aliphatic heterocycles. The van der Waals surface area contributed by atoms with Gasteiger partial charge in [0.2, 0.25) is 10.0 Å². The Balaban J connectivity index is 2.00. The van der Waals surface area contributed by atoms with Gasteiger partial charge in [-0.25, -0.2) is 13.1 Å². The van der Waals surface area contributed by atoms with E-state index in [0.717, 1.165) is 5.56 Å². The van der Waals surface area contributed by atoms with E-state index in [-0.39, 0.29) is 23.5 Å². The van der Waals surface area contributed by atoms with Crippen LogP contribution in [0.1, 0.15) is 22.8 Å². The summed E-state index contributed by atoms with van der Waals surface area (Å²) >= 11 is 0. The van der Waals surface area contributed by atoms with Crippen LogP contribution in [0.5, 0.6) is 5.75 Å². The number of carbonyl (C=O) groups excluding carboxylic acids is 1.